The van der Waals surface area contributed by atoms with E-state index >= 15 is 0 Å². The average Bonchev–Trinajstić information content (AvgIpc) is 4.00. The Morgan fingerprint density at radius 2 is 1.00 bits per heavy atom. The van der Waals surface area contributed by atoms with Crippen LogP contribution in [0.15, 0.2) is 229 Å². The molecule has 0 N–H and O–H groups in total. The first-order valence-electron chi connectivity index (χ1n) is 22.6. The third-order valence-corrected chi connectivity index (χ3v) is 14.4. The molecule has 0 radical (unpaired) electrons. The molecule has 0 amide bonds. The van der Waals surface area contributed by atoms with Crippen LogP contribution in [-0.2, 0) is 35.1 Å². The molecule has 66 heavy (non-hydrogen) atoms. The molecular formula is C63H55Cl2Zr-. The fraction of sp³-hybridized carbons (Fsp3) is 0.159. The first-order valence-corrected chi connectivity index (χ1v) is 23.8. The van der Waals surface area contributed by atoms with Crippen molar-refractivity contribution in [1.29, 1.82) is 0 Å². The zero-order valence-corrected chi connectivity index (χ0v) is 42.6. The normalized spacial score (nSPS) is 16.2. The molecule has 0 aromatic heterocycles. The van der Waals surface area contributed by atoms with E-state index in [1.807, 2.05) is 0 Å². The molecule has 1 atom stereocenters. The van der Waals surface area contributed by atoms with Crippen LogP contribution in [0.4, 0.5) is 0 Å². The molecule has 326 valence electrons. The van der Waals surface area contributed by atoms with Crippen molar-refractivity contribution in [3.8, 4) is 11.1 Å². The Morgan fingerprint density at radius 3 is 1.47 bits per heavy atom. The summed E-state index contributed by atoms with van der Waals surface area (Å²) in [5.74, 6) is 0. The SMILES string of the molecule is CC(C)(C)c1cc(-c2ccccc2)c2c(c1)=[C-]C1=C(C3=CC=CC3)C(c3ccccc3)(C(C)(C)C)C(c3ccccc3)=C(c3ccccc3)C=21.[Cl-].[Cl-].[Zr+2]=[C](c1ccccc1)c1ccccc1. The number of benzene rings is 7. The molecule has 0 spiro atoms. The molecule has 7 aromatic rings. The Morgan fingerprint density at radius 1 is 0.530 bits per heavy atom. The van der Waals surface area contributed by atoms with E-state index in [0.29, 0.717) is 0 Å². The van der Waals surface area contributed by atoms with Gasteiger partial charge in [0.25, 0.3) is 0 Å². The van der Waals surface area contributed by atoms with E-state index in [1.165, 1.54) is 116 Å². The van der Waals surface area contributed by atoms with E-state index in [9.17, 15) is 0 Å². The molecule has 3 aliphatic carbocycles. The summed E-state index contributed by atoms with van der Waals surface area (Å²) in [6.07, 6.45) is 12.0. The summed E-state index contributed by atoms with van der Waals surface area (Å²) >= 11 is 1.46. The van der Waals surface area contributed by atoms with Crippen LogP contribution in [0, 0.1) is 5.41 Å². The molecule has 0 bridgehead atoms. The first-order chi connectivity index (χ1) is 31.0. The van der Waals surface area contributed by atoms with Gasteiger partial charge in [0.1, 0.15) is 0 Å². The average molecular weight is 974 g/mol. The Labute approximate surface area is 420 Å². The van der Waals surface area contributed by atoms with Crippen molar-refractivity contribution in [3.63, 3.8) is 0 Å². The second-order valence-electron chi connectivity index (χ2n) is 19.1. The predicted molar refractivity (Wildman–Crippen MR) is 269 cm³/mol. The zero-order chi connectivity index (χ0) is 44.5. The van der Waals surface area contributed by atoms with Gasteiger partial charge < -0.3 is 24.8 Å². The molecule has 0 aliphatic heterocycles. The molecule has 3 heteroatoms. The topological polar surface area (TPSA) is 0 Å². The van der Waals surface area contributed by atoms with Crippen LogP contribution in [0.2, 0.25) is 0 Å². The molecule has 0 nitrogen and oxygen atoms in total. The van der Waals surface area contributed by atoms with Crippen molar-refractivity contribution in [3.05, 3.63) is 273 Å². The Kier molecular flexibility index (Phi) is 14.8. The van der Waals surface area contributed by atoms with E-state index in [1.54, 1.807) is 0 Å². The predicted octanol–water partition coefficient (Wildman–Crippen LogP) is 8.07. The third-order valence-electron chi connectivity index (χ3n) is 13.0. The fourth-order valence-corrected chi connectivity index (χ4v) is 10.9. The maximum absolute atomic E-state index is 4.19. The van der Waals surface area contributed by atoms with Gasteiger partial charge in [0, 0.05) is 5.41 Å². The van der Waals surface area contributed by atoms with Gasteiger partial charge >= 0.3 is 99.2 Å². The summed E-state index contributed by atoms with van der Waals surface area (Å²) < 4.78 is 1.42. The van der Waals surface area contributed by atoms with Crippen molar-refractivity contribution in [1.82, 2.24) is 0 Å². The van der Waals surface area contributed by atoms with Crippen LogP contribution in [0.3, 0.4) is 0 Å². The van der Waals surface area contributed by atoms with Gasteiger partial charge in [0.15, 0.2) is 0 Å². The minimum absolute atomic E-state index is 0. The van der Waals surface area contributed by atoms with Gasteiger partial charge in [-0.2, -0.15) is 0 Å². The fourth-order valence-electron chi connectivity index (χ4n) is 10.1. The molecular weight excluding hydrogens is 919 g/mol. The second-order valence-corrected chi connectivity index (χ2v) is 20.3. The van der Waals surface area contributed by atoms with Gasteiger partial charge in [0.2, 0.25) is 0 Å². The summed E-state index contributed by atoms with van der Waals surface area (Å²) in [7, 11) is 0. The van der Waals surface area contributed by atoms with Crippen LogP contribution in [0.1, 0.15) is 81.3 Å². The van der Waals surface area contributed by atoms with Gasteiger partial charge in [-0.15, -0.1) is 28.2 Å². The first kappa shape index (κ1) is 48.5. The van der Waals surface area contributed by atoms with E-state index < -0.39 is 5.41 Å². The standard InChI is InChI=1S/C50H45.C13H10.2ClH.Zr/c1-48(2,3)40-31-38-32-42-45(43(38)41(33-40)34-21-11-7-12-22-34)44(35-23-13-8-14-24-35)47(37-25-15-9-16-26-37)50(49(4,5)6,39-29-17-10-18-30-39)46(42)36-27-19-20-28-36;1-3-7-12(8-4-1)11-13-9-5-2-6-10-13;;;/h7-27,29-31,33H,28H2,1-6H3;1-10H;2*1H;/q-1;;;;+2/p-2. The Hall–Kier alpha value is -5.43. The number of fused-ring (bicyclic) bond motifs is 2. The van der Waals surface area contributed by atoms with Crippen LogP contribution < -0.4 is 35.3 Å². The summed E-state index contributed by atoms with van der Waals surface area (Å²) in [4.78, 5) is 0. The number of hydrogen-bond donors (Lipinski definition) is 0. The summed E-state index contributed by atoms with van der Waals surface area (Å²) in [6.45, 7) is 14.3. The van der Waals surface area contributed by atoms with Gasteiger partial charge in [-0.1, -0.05) is 215 Å². The van der Waals surface area contributed by atoms with E-state index in [0.717, 1.165) is 6.42 Å². The Balaban J connectivity index is 0.000000347. The van der Waals surface area contributed by atoms with Crippen LogP contribution in [-0.4, -0.2) is 3.21 Å². The number of rotatable bonds is 7. The van der Waals surface area contributed by atoms with Crippen molar-refractivity contribution >= 4 is 26.0 Å². The second kappa shape index (κ2) is 20.2. The number of hydrogen-bond acceptors (Lipinski definition) is 0. The van der Waals surface area contributed by atoms with Crippen LogP contribution in [0.5, 0.6) is 0 Å². The van der Waals surface area contributed by atoms with Gasteiger partial charge in [-0.3, -0.25) is 0 Å². The van der Waals surface area contributed by atoms with Crippen LogP contribution >= 0.6 is 0 Å². The zero-order valence-electron chi connectivity index (χ0n) is 38.7. The van der Waals surface area contributed by atoms with Gasteiger partial charge in [-0.05, 0) is 50.7 Å². The molecule has 10 rings (SSSR count). The maximum atomic E-state index is 4.19. The summed E-state index contributed by atoms with van der Waals surface area (Å²) in [5.41, 5.74) is 17.4. The van der Waals surface area contributed by atoms with Gasteiger partial charge in [-0.25, -0.2) is 0 Å². The van der Waals surface area contributed by atoms with Crippen molar-refractivity contribution in [2.75, 3.05) is 0 Å². The monoisotopic (exact) mass is 971 g/mol. The van der Waals surface area contributed by atoms with Crippen molar-refractivity contribution in [2.24, 2.45) is 5.41 Å². The van der Waals surface area contributed by atoms with Gasteiger partial charge in [0.05, 0.1) is 0 Å². The number of allylic oxidation sites excluding steroid dienone is 8. The molecule has 0 fully saturated rings. The van der Waals surface area contributed by atoms with Crippen molar-refractivity contribution in [2.45, 2.75) is 58.8 Å². The molecule has 0 saturated heterocycles. The summed E-state index contributed by atoms with van der Waals surface area (Å²) in [5, 5.41) is 2.47. The van der Waals surface area contributed by atoms with E-state index in [2.05, 4.69) is 260 Å². The Bertz CT molecular complexity index is 3050. The molecule has 7 aromatic carbocycles. The molecule has 0 heterocycles. The molecule has 1 unspecified atom stereocenters. The molecule has 3 aliphatic rings. The third kappa shape index (κ3) is 9.04. The van der Waals surface area contributed by atoms with Crippen LogP contribution in [0.25, 0.3) is 33.9 Å². The minimum atomic E-state index is -0.508. The van der Waals surface area contributed by atoms with Crippen molar-refractivity contribution < 1.29 is 49.0 Å². The number of halogens is 2. The van der Waals surface area contributed by atoms with E-state index in [4.69, 9.17) is 0 Å². The summed E-state index contributed by atoms with van der Waals surface area (Å²) in [6, 6.07) is 70.6. The molecule has 0 saturated carbocycles. The quantitative estimate of drug-likeness (QED) is 0.142. The van der Waals surface area contributed by atoms with E-state index in [-0.39, 0.29) is 35.6 Å².